The van der Waals surface area contributed by atoms with Crippen molar-refractivity contribution in [3.8, 4) is 0 Å². The van der Waals surface area contributed by atoms with Crippen molar-refractivity contribution in [3.63, 3.8) is 0 Å². The van der Waals surface area contributed by atoms with Gasteiger partial charge in [0.1, 0.15) is 6.04 Å². The summed E-state index contributed by atoms with van der Waals surface area (Å²) in [7, 11) is -3.58. The molecule has 0 saturated carbocycles. The summed E-state index contributed by atoms with van der Waals surface area (Å²) in [5, 5.41) is 6.75. The molecule has 0 saturated heterocycles. The summed E-state index contributed by atoms with van der Waals surface area (Å²) in [5.41, 5.74) is 0.886. The number of anilines is 1. The van der Waals surface area contributed by atoms with E-state index in [1.54, 1.807) is 42.5 Å². The molecule has 38 heavy (non-hydrogen) atoms. The molecule has 1 aromatic heterocycles. The number of aromatic nitrogens is 2. The molecule has 3 aromatic carbocycles. The molecular weight excluding hydrogens is 500 g/mol. The molecule has 2 amide bonds. The second-order valence-corrected chi connectivity index (χ2v) is 12.2. The van der Waals surface area contributed by atoms with Crippen LogP contribution in [0.3, 0.4) is 0 Å². The Morgan fingerprint density at radius 1 is 0.842 bits per heavy atom. The Kier molecular flexibility index (Phi) is 7.87. The van der Waals surface area contributed by atoms with Crippen molar-refractivity contribution in [2.24, 2.45) is 5.41 Å². The van der Waals surface area contributed by atoms with Gasteiger partial charge in [0.05, 0.1) is 10.6 Å². The van der Waals surface area contributed by atoms with Crippen LogP contribution in [0.25, 0.3) is 10.8 Å². The Bertz CT molecular complexity index is 1550. The minimum Gasteiger partial charge on any atom is -0.337 e. The van der Waals surface area contributed by atoms with E-state index in [1.165, 1.54) is 12.4 Å². The number of benzene rings is 3. The second-order valence-electron chi connectivity index (χ2n) is 10.3. The van der Waals surface area contributed by atoms with Crippen LogP contribution in [0, 0.1) is 5.41 Å². The topological polar surface area (TPSA) is 118 Å². The molecular formula is C29H30N4O4S. The summed E-state index contributed by atoms with van der Waals surface area (Å²) in [6, 6.07) is 20.2. The van der Waals surface area contributed by atoms with Crippen LogP contribution in [0.2, 0.25) is 0 Å². The fourth-order valence-corrected chi connectivity index (χ4v) is 6.32. The number of carbonyl (C=O) groups excluding carboxylic acids is 2. The third-order valence-electron chi connectivity index (χ3n) is 5.77. The number of rotatable bonds is 8. The van der Waals surface area contributed by atoms with Gasteiger partial charge in [0.2, 0.25) is 11.7 Å². The normalized spacial score (nSPS) is 12.6. The smallest absolute Gasteiger partial charge is 0.289 e. The second kappa shape index (κ2) is 11.1. The number of fused-ring (bicyclic) bond motifs is 1. The lowest BCUT2D eigenvalue weighted by molar-refractivity contribution is -0.118. The fraction of sp³-hybridized carbons (Fsp3) is 0.241. The lowest BCUT2D eigenvalue weighted by Crippen LogP contribution is -2.45. The standard InChI is InChI=1S/C29H30N4O4S/c1-29(2,3)19-38(36,37)25-15-8-12-21-22(25)13-7-14-23(21)32-27(34)24(18-20-10-5-4-6-11-20)33-28(35)26-30-16-9-17-31-26/h4-17,24H,18-19H2,1-3H3,(H,32,34)(H,33,35)/t24-/m0/s1. The predicted molar refractivity (Wildman–Crippen MR) is 148 cm³/mol. The molecule has 0 aliphatic heterocycles. The van der Waals surface area contributed by atoms with Crippen LogP contribution >= 0.6 is 0 Å². The number of hydrogen-bond donors (Lipinski definition) is 2. The number of sulfone groups is 1. The number of nitrogens with one attached hydrogen (secondary N) is 2. The van der Waals surface area contributed by atoms with E-state index in [2.05, 4.69) is 20.6 Å². The van der Waals surface area contributed by atoms with Crippen molar-refractivity contribution in [2.75, 3.05) is 11.1 Å². The lowest BCUT2D eigenvalue weighted by atomic mass is 10.0. The van der Waals surface area contributed by atoms with Crippen molar-refractivity contribution < 1.29 is 18.0 Å². The molecule has 196 valence electrons. The van der Waals surface area contributed by atoms with Gasteiger partial charge in [-0.2, -0.15) is 0 Å². The van der Waals surface area contributed by atoms with Crippen molar-refractivity contribution in [1.29, 1.82) is 0 Å². The zero-order valence-corrected chi connectivity index (χ0v) is 22.3. The highest BCUT2D eigenvalue weighted by atomic mass is 32.2. The molecule has 0 spiro atoms. The van der Waals surface area contributed by atoms with Crippen LogP contribution in [0.5, 0.6) is 0 Å². The Morgan fingerprint density at radius 2 is 1.50 bits per heavy atom. The summed E-state index contributed by atoms with van der Waals surface area (Å²) < 4.78 is 26.4. The van der Waals surface area contributed by atoms with Gasteiger partial charge in [0, 0.05) is 35.3 Å². The van der Waals surface area contributed by atoms with Crippen LogP contribution in [-0.2, 0) is 21.1 Å². The van der Waals surface area contributed by atoms with E-state index in [4.69, 9.17) is 0 Å². The van der Waals surface area contributed by atoms with Gasteiger partial charge in [-0.15, -0.1) is 0 Å². The third-order valence-corrected chi connectivity index (χ3v) is 8.04. The van der Waals surface area contributed by atoms with E-state index in [0.717, 1.165) is 5.56 Å². The van der Waals surface area contributed by atoms with Crippen LogP contribution < -0.4 is 10.6 Å². The van der Waals surface area contributed by atoms with Gasteiger partial charge in [-0.3, -0.25) is 9.59 Å². The first kappa shape index (κ1) is 26.9. The molecule has 0 unspecified atom stereocenters. The average molecular weight is 531 g/mol. The maximum Gasteiger partial charge on any atom is 0.289 e. The molecule has 0 bridgehead atoms. The van der Waals surface area contributed by atoms with Crippen LogP contribution in [0.1, 0.15) is 37.0 Å². The summed E-state index contributed by atoms with van der Waals surface area (Å²) in [6.45, 7) is 5.63. The van der Waals surface area contributed by atoms with Gasteiger partial charge in [-0.1, -0.05) is 75.4 Å². The summed E-state index contributed by atoms with van der Waals surface area (Å²) in [4.78, 5) is 34.5. The third kappa shape index (κ3) is 6.60. The first-order chi connectivity index (χ1) is 18.0. The van der Waals surface area contributed by atoms with Crippen molar-refractivity contribution in [2.45, 2.75) is 38.1 Å². The van der Waals surface area contributed by atoms with Gasteiger partial charge in [0.15, 0.2) is 9.84 Å². The summed E-state index contributed by atoms with van der Waals surface area (Å²) in [6.07, 6.45) is 3.15. The molecule has 0 radical (unpaired) electrons. The van der Waals surface area contributed by atoms with Crippen LogP contribution in [0.15, 0.2) is 90.1 Å². The van der Waals surface area contributed by atoms with E-state index in [9.17, 15) is 18.0 Å². The largest absolute Gasteiger partial charge is 0.337 e. The van der Waals surface area contributed by atoms with Gasteiger partial charge >= 0.3 is 0 Å². The number of hydrogen-bond acceptors (Lipinski definition) is 6. The van der Waals surface area contributed by atoms with E-state index in [-0.39, 0.29) is 22.9 Å². The molecule has 8 nitrogen and oxygen atoms in total. The van der Waals surface area contributed by atoms with Crippen LogP contribution in [-0.4, -0.2) is 42.0 Å². The molecule has 4 aromatic rings. The zero-order chi connectivity index (χ0) is 27.3. The van der Waals surface area contributed by atoms with Gasteiger partial charge in [-0.25, -0.2) is 18.4 Å². The maximum absolute atomic E-state index is 13.5. The minimum absolute atomic E-state index is 0.0115. The highest BCUT2D eigenvalue weighted by Crippen LogP contribution is 2.31. The zero-order valence-electron chi connectivity index (χ0n) is 21.5. The maximum atomic E-state index is 13.5. The first-order valence-electron chi connectivity index (χ1n) is 12.2. The molecule has 9 heteroatoms. The fourth-order valence-electron chi connectivity index (χ4n) is 4.23. The Morgan fingerprint density at radius 3 is 2.18 bits per heavy atom. The summed E-state index contributed by atoms with van der Waals surface area (Å²) in [5.74, 6) is -1.08. The van der Waals surface area contributed by atoms with E-state index in [0.29, 0.717) is 16.5 Å². The highest BCUT2D eigenvalue weighted by molar-refractivity contribution is 7.91. The molecule has 1 heterocycles. The molecule has 2 N–H and O–H groups in total. The quantitative estimate of drug-likeness (QED) is 0.348. The first-order valence-corrected chi connectivity index (χ1v) is 13.9. The minimum atomic E-state index is -3.58. The van der Waals surface area contributed by atoms with E-state index >= 15 is 0 Å². The van der Waals surface area contributed by atoms with Gasteiger partial charge in [0.25, 0.3) is 5.91 Å². The lowest BCUT2D eigenvalue weighted by Gasteiger charge is -2.20. The Balaban J connectivity index is 1.66. The van der Waals surface area contributed by atoms with Crippen LogP contribution in [0.4, 0.5) is 5.69 Å². The van der Waals surface area contributed by atoms with E-state index < -0.39 is 33.1 Å². The Hall–Kier alpha value is -4.11. The van der Waals surface area contributed by atoms with Crippen molar-refractivity contribution in [3.05, 3.63) is 96.6 Å². The van der Waals surface area contributed by atoms with Crippen molar-refractivity contribution in [1.82, 2.24) is 15.3 Å². The highest BCUT2D eigenvalue weighted by Gasteiger charge is 2.27. The monoisotopic (exact) mass is 530 g/mol. The number of nitrogens with zero attached hydrogens (tertiary/aromatic N) is 2. The number of carbonyl (C=O) groups is 2. The average Bonchev–Trinajstić information content (AvgIpc) is 2.88. The molecule has 4 rings (SSSR count). The predicted octanol–water partition coefficient (Wildman–Crippen LogP) is 4.43. The molecule has 0 aliphatic carbocycles. The van der Waals surface area contributed by atoms with Gasteiger partial charge in [-0.05, 0) is 29.2 Å². The molecule has 1 atom stereocenters. The molecule has 0 fully saturated rings. The Labute approximate surface area is 222 Å². The van der Waals surface area contributed by atoms with Crippen molar-refractivity contribution >= 4 is 38.1 Å². The summed E-state index contributed by atoms with van der Waals surface area (Å²) >= 11 is 0. The van der Waals surface area contributed by atoms with Gasteiger partial charge < -0.3 is 10.6 Å². The molecule has 0 aliphatic rings. The SMILES string of the molecule is CC(C)(C)CS(=O)(=O)c1cccc2c(NC(=O)[C@H](Cc3ccccc3)NC(=O)c3ncccn3)cccc12. The number of amides is 2. The van der Waals surface area contributed by atoms with E-state index in [1.807, 2.05) is 51.1 Å².